The molecule has 2 aromatic rings. The van der Waals surface area contributed by atoms with E-state index < -0.39 is 5.82 Å². The van der Waals surface area contributed by atoms with Crippen LogP contribution in [0, 0.1) is 5.82 Å². The number of amides is 3. The molecule has 1 saturated heterocycles. The van der Waals surface area contributed by atoms with Crippen molar-refractivity contribution in [2.45, 2.75) is 13.1 Å². The lowest BCUT2D eigenvalue weighted by Gasteiger charge is -2.19. The minimum absolute atomic E-state index is 0.0132. The van der Waals surface area contributed by atoms with Crippen LogP contribution in [0.3, 0.4) is 0 Å². The van der Waals surface area contributed by atoms with Gasteiger partial charge < -0.3 is 15.1 Å². The molecule has 1 aliphatic rings. The fourth-order valence-electron chi connectivity index (χ4n) is 2.81. The molecule has 26 heavy (non-hydrogen) atoms. The molecule has 0 aromatic heterocycles. The Bertz CT molecular complexity index is 801. The molecule has 7 heteroatoms. The van der Waals surface area contributed by atoms with E-state index in [1.54, 1.807) is 11.0 Å². The second-order valence-electron chi connectivity index (χ2n) is 6.12. The maximum Gasteiger partial charge on any atom is 0.320 e. The van der Waals surface area contributed by atoms with Crippen molar-refractivity contribution >= 4 is 23.5 Å². The lowest BCUT2D eigenvalue weighted by atomic mass is 10.2. The molecule has 0 atom stereocenters. The average molecular weight is 376 g/mol. The minimum atomic E-state index is -0.414. The summed E-state index contributed by atoms with van der Waals surface area (Å²) in [5.74, 6) is -0.618. The van der Waals surface area contributed by atoms with Crippen molar-refractivity contribution in [3.8, 4) is 0 Å². The fraction of sp³-hybridized carbons (Fsp3) is 0.263. The lowest BCUT2D eigenvalue weighted by molar-refractivity contribution is -0.121. The van der Waals surface area contributed by atoms with E-state index in [0.29, 0.717) is 31.7 Å². The van der Waals surface area contributed by atoms with Gasteiger partial charge in [-0.05, 0) is 23.3 Å². The van der Waals surface area contributed by atoms with E-state index in [9.17, 15) is 14.0 Å². The van der Waals surface area contributed by atoms with Gasteiger partial charge in [0.25, 0.3) is 0 Å². The van der Waals surface area contributed by atoms with Gasteiger partial charge in [-0.2, -0.15) is 0 Å². The highest BCUT2D eigenvalue weighted by molar-refractivity contribution is 6.31. The number of nitrogens with one attached hydrogen (secondary N) is 1. The third-order valence-electron chi connectivity index (χ3n) is 4.22. The molecular formula is C19H19ClFN3O2. The number of carbonyl (C=O) groups excluding carboxylic acids is 2. The molecule has 1 aliphatic heterocycles. The van der Waals surface area contributed by atoms with E-state index in [4.69, 9.17) is 11.6 Å². The second-order valence-corrected chi connectivity index (χ2v) is 6.53. The zero-order chi connectivity index (χ0) is 18.5. The van der Waals surface area contributed by atoms with Gasteiger partial charge in [-0.1, -0.05) is 48.0 Å². The molecule has 0 unspecified atom stereocenters. The van der Waals surface area contributed by atoms with E-state index in [2.05, 4.69) is 5.32 Å². The molecule has 1 fully saturated rings. The van der Waals surface area contributed by atoms with Crippen molar-refractivity contribution in [2.24, 2.45) is 0 Å². The van der Waals surface area contributed by atoms with E-state index in [-0.39, 0.29) is 23.5 Å². The monoisotopic (exact) mass is 375 g/mol. The van der Waals surface area contributed by atoms with Crippen molar-refractivity contribution in [1.82, 2.24) is 15.1 Å². The van der Waals surface area contributed by atoms with Gasteiger partial charge in [0.15, 0.2) is 0 Å². The Hall–Kier alpha value is -2.60. The smallest absolute Gasteiger partial charge is 0.320 e. The molecule has 0 spiro atoms. The summed E-state index contributed by atoms with van der Waals surface area (Å²) >= 11 is 6.02. The quantitative estimate of drug-likeness (QED) is 0.843. The number of hydrogen-bond donors (Lipinski definition) is 1. The van der Waals surface area contributed by atoms with Crippen LogP contribution in [0.15, 0.2) is 48.5 Å². The standard InChI is InChI=1S/C19H19ClFN3O2/c20-17-10-16(21)7-6-15(17)12-23-8-9-24(19(23)26)13-18(25)22-11-14-4-2-1-3-5-14/h1-7,10H,8-9,11-13H2,(H,22,25). The molecule has 3 rings (SSSR count). The largest absolute Gasteiger partial charge is 0.350 e. The van der Waals surface area contributed by atoms with Gasteiger partial charge in [-0.3, -0.25) is 4.79 Å². The first kappa shape index (κ1) is 18.2. The van der Waals surface area contributed by atoms with Crippen molar-refractivity contribution in [3.63, 3.8) is 0 Å². The molecule has 5 nitrogen and oxygen atoms in total. The number of hydrogen-bond acceptors (Lipinski definition) is 2. The Kier molecular flexibility index (Phi) is 5.73. The number of carbonyl (C=O) groups is 2. The number of urea groups is 1. The summed E-state index contributed by atoms with van der Waals surface area (Å²) in [7, 11) is 0. The van der Waals surface area contributed by atoms with E-state index >= 15 is 0 Å². The van der Waals surface area contributed by atoms with Crippen molar-refractivity contribution in [2.75, 3.05) is 19.6 Å². The zero-order valence-electron chi connectivity index (χ0n) is 14.1. The Morgan fingerprint density at radius 2 is 1.85 bits per heavy atom. The van der Waals surface area contributed by atoms with Crippen molar-refractivity contribution in [1.29, 1.82) is 0 Å². The van der Waals surface area contributed by atoms with Gasteiger partial charge in [-0.15, -0.1) is 0 Å². The second kappa shape index (κ2) is 8.19. The fourth-order valence-corrected chi connectivity index (χ4v) is 3.03. The molecule has 0 saturated carbocycles. The average Bonchev–Trinajstić information content (AvgIpc) is 2.96. The first-order valence-corrected chi connectivity index (χ1v) is 8.69. The topological polar surface area (TPSA) is 52.7 Å². The van der Waals surface area contributed by atoms with E-state index in [1.165, 1.54) is 17.0 Å². The SMILES string of the molecule is O=C(CN1CCN(Cc2ccc(F)cc2Cl)C1=O)NCc1ccccc1. The number of benzene rings is 2. The maximum absolute atomic E-state index is 13.1. The van der Waals surface area contributed by atoms with Crippen LogP contribution in [0.4, 0.5) is 9.18 Å². The zero-order valence-corrected chi connectivity index (χ0v) is 14.9. The predicted molar refractivity (Wildman–Crippen MR) is 97.1 cm³/mol. The minimum Gasteiger partial charge on any atom is -0.350 e. The van der Waals surface area contributed by atoms with Crippen LogP contribution in [0.25, 0.3) is 0 Å². The predicted octanol–water partition coefficient (Wildman–Crippen LogP) is 3.03. The van der Waals surface area contributed by atoms with Gasteiger partial charge in [0, 0.05) is 31.2 Å². The molecular weight excluding hydrogens is 357 g/mol. The summed E-state index contributed by atoms with van der Waals surface area (Å²) in [6, 6.07) is 13.5. The van der Waals surface area contributed by atoms with Crippen molar-refractivity contribution in [3.05, 3.63) is 70.5 Å². The normalized spacial score (nSPS) is 14.0. The Morgan fingerprint density at radius 1 is 1.12 bits per heavy atom. The summed E-state index contributed by atoms with van der Waals surface area (Å²) in [5.41, 5.74) is 1.68. The third-order valence-corrected chi connectivity index (χ3v) is 4.58. The summed E-state index contributed by atoms with van der Waals surface area (Å²) < 4.78 is 13.1. The molecule has 2 aromatic carbocycles. The van der Waals surface area contributed by atoms with Gasteiger partial charge in [0.1, 0.15) is 12.4 Å². The molecule has 0 radical (unpaired) electrons. The summed E-state index contributed by atoms with van der Waals surface area (Å²) in [4.78, 5) is 27.6. The van der Waals surface area contributed by atoms with Crippen LogP contribution < -0.4 is 5.32 Å². The molecule has 3 amide bonds. The number of nitrogens with zero attached hydrogens (tertiary/aromatic N) is 2. The maximum atomic E-state index is 13.1. The number of halogens is 2. The van der Waals surface area contributed by atoms with Gasteiger partial charge in [0.05, 0.1) is 0 Å². The molecule has 1 heterocycles. The highest BCUT2D eigenvalue weighted by Crippen LogP contribution is 2.21. The van der Waals surface area contributed by atoms with Crippen LogP contribution in [0.5, 0.6) is 0 Å². The van der Waals surface area contributed by atoms with Crippen LogP contribution in [0.2, 0.25) is 5.02 Å². The first-order chi connectivity index (χ1) is 12.5. The van der Waals surface area contributed by atoms with Crippen LogP contribution in [0.1, 0.15) is 11.1 Å². The van der Waals surface area contributed by atoms with Gasteiger partial charge >= 0.3 is 6.03 Å². The first-order valence-electron chi connectivity index (χ1n) is 8.31. The Labute approximate surface area is 156 Å². The number of rotatable bonds is 6. The van der Waals surface area contributed by atoms with E-state index in [1.807, 2.05) is 30.3 Å². The molecule has 136 valence electrons. The summed E-state index contributed by atoms with van der Waals surface area (Å²) in [6.07, 6.45) is 0. The highest BCUT2D eigenvalue weighted by Gasteiger charge is 2.30. The summed E-state index contributed by atoms with van der Waals surface area (Å²) in [5, 5.41) is 3.10. The van der Waals surface area contributed by atoms with Crippen LogP contribution in [-0.4, -0.2) is 41.4 Å². The van der Waals surface area contributed by atoms with E-state index in [0.717, 1.165) is 5.56 Å². The van der Waals surface area contributed by atoms with Crippen LogP contribution in [-0.2, 0) is 17.9 Å². The molecule has 0 bridgehead atoms. The third kappa shape index (κ3) is 4.52. The van der Waals surface area contributed by atoms with Gasteiger partial charge in [0.2, 0.25) is 5.91 Å². The Morgan fingerprint density at radius 3 is 2.58 bits per heavy atom. The van der Waals surface area contributed by atoms with Crippen molar-refractivity contribution < 1.29 is 14.0 Å². The summed E-state index contributed by atoms with van der Waals surface area (Å²) in [6.45, 7) is 1.70. The Balaban J connectivity index is 1.51. The lowest BCUT2D eigenvalue weighted by Crippen LogP contribution is -2.39. The molecule has 0 aliphatic carbocycles. The molecule has 1 N–H and O–H groups in total. The highest BCUT2D eigenvalue weighted by atomic mass is 35.5. The van der Waals surface area contributed by atoms with Crippen LogP contribution >= 0.6 is 11.6 Å². The van der Waals surface area contributed by atoms with Gasteiger partial charge in [-0.25, -0.2) is 9.18 Å².